The van der Waals surface area contributed by atoms with Crippen LogP contribution in [0.4, 0.5) is 4.79 Å². The molecule has 1 fully saturated rings. The van der Waals surface area contributed by atoms with Crippen molar-refractivity contribution in [3.63, 3.8) is 0 Å². The fourth-order valence-electron chi connectivity index (χ4n) is 2.72. The monoisotopic (exact) mass is 377 g/mol. The highest BCUT2D eigenvalue weighted by Gasteiger charge is 2.26. The molecule has 0 aromatic heterocycles. The lowest BCUT2D eigenvalue weighted by molar-refractivity contribution is -0.131. The van der Waals surface area contributed by atoms with Crippen LogP contribution < -0.4 is 10.1 Å². The van der Waals surface area contributed by atoms with Crippen LogP contribution in [0.5, 0.6) is 5.75 Å². The molecule has 1 aliphatic heterocycles. The molecule has 0 unspecified atom stereocenters. The lowest BCUT2D eigenvalue weighted by Crippen LogP contribution is -2.52. The SMILES string of the molecule is COc1ccccc1C(=O)N1CCN(C(=O)CNC(=O)OC(C)(C)C)CC1. The second kappa shape index (κ2) is 8.75. The van der Waals surface area contributed by atoms with E-state index < -0.39 is 11.7 Å². The Balaban J connectivity index is 1.83. The van der Waals surface area contributed by atoms with Crippen molar-refractivity contribution in [1.29, 1.82) is 0 Å². The number of ether oxygens (including phenoxy) is 2. The third-order valence-electron chi connectivity index (χ3n) is 4.04. The summed E-state index contributed by atoms with van der Waals surface area (Å²) in [5.74, 6) is 0.208. The summed E-state index contributed by atoms with van der Waals surface area (Å²) < 4.78 is 10.4. The van der Waals surface area contributed by atoms with Gasteiger partial charge in [-0.1, -0.05) is 12.1 Å². The first-order chi connectivity index (χ1) is 12.7. The molecule has 2 rings (SSSR count). The number of nitrogens with zero attached hydrogens (tertiary/aromatic N) is 2. The van der Waals surface area contributed by atoms with E-state index in [1.165, 1.54) is 7.11 Å². The molecule has 0 aliphatic carbocycles. The predicted octanol–water partition coefficient (Wildman–Crippen LogP) is 1.50. The summed E-state index contributed by atoms with van der Waals surface area (Å²) in [6.07, 6.45) is -0.624. The maximum Gasteiger partial charge on any atom is 0.408 e. The minimum atomic E-state index is -0.624. The number of nitrogens with one attached hydrogen (secondary N) is 1. The quantitative estimate of drug-likeness (QED) is 0.859. The molecule has 0 radical (unpaired) electrons. The molecule has 1 saturated heterocycles. The van der Waals surface area contributed by atoms with Gasteiger partial charge in [0.05, 0.1) is 12.7 Å². The first kappa shape index (κ1) is 20.5. The summed E-state index contributed by atoms with van der Waals surface area (Å²) in [5, 5.41) is 2.46. The molecule has 8 nitrogen and oxygen atoms in total. The maximum atomic E-state index is 12.7. The van der Waals surface area contributed by atoms with Crippen molar-refractivity contribution in [3.8, 4) is 5.75 Å². The highest BCUT2D eigenvalue weighted by Crippen LogP contribution is 2.20. The molecule has 1 heterocycles. The van der Waals surface area contributed by atoms with E-state index >= 15 is 0 Å². The smallest absolute Gasteiger partial charge is 0.408 e. The molecule has 1 aromatic carbocycles. The topological polar surface area (TPSA) is 88.2 Å². The van der Waals surface area contributed by atoms with E-state index in [1.807, 2.05) is 6.07 Å². The molecule has 148 valence electrons. The largest absolute Gasteiger partial charge is 0.496 e. The second-order valence-corrected chi connectivity index (χ2v) is 7.23. The fourth-order valence-corrected chi connectivity index (χ4v) is 2.72. The highest BCUT2D eigenvalue weighted by atomic mass is 16.6. The number of amides is 3. The number of carbonyl (C=O) groups is 3. The van der Waals surface area contributed by atoms with Crippen molar-refractivity contribution < 1.29 is 23.9 Å². The number of para-hydroxylation sites is 1. The molecule has 1 N–H and O–H groups in total. The summed E-state index contributed by atoms with van der Waals surface area (Å²) in [6, 6.07) is 7.07. The van der Waals surface area contributed by atoms with Crippen LogP contribution in [0.1, 0.15) is 31.1 Å². The Morgan fingerprint density at radius 2 is 1.63 bits per heavy atom. The third kappa shape index (κ3) is 5.87. The maximum absolute atomic E-state index is 12.7. The lowest BCUT2D eigenvalue weighted by atomic mass is 10.1. The number of hydrogen-bond acceptors (Lipinski definition) is 5. The number of piperazine rings is 1. The molecule has 0 spiro atoms. The van der Waals surface area contributed by atoms with Crippen molar-refractivity contribution in [2.75, 3.05) is 39.8 Å². The van der Waals surface area contributed by atoms with Gasteiger partial charge in [0.1, 0.15) is 17.9 Å². The van der Waals surface area contributed by atoms with Gasteiger partial charge in [0.25, 0.3) is 5.91 Å². The van der Waals surface area contributed by atoms with E-state index in [1.54, 1.807) is 48.8 Å². The van der Waals surface area contributed by atoms with E-state index in [4.69, 9.17) is 9.47 Å². The minimum absolute atomic E-state index is 0.119. The van der Waals surface area contributed by atoms with Crippen LogP contribution in [0.3, 0.4) is 0 Å². The van der Waals surface area contributed by atoms with Crippen molar-refractivity contribution in [3.05, 3.63) is 29.8 Å². The first-order valence-corrected chi connectivity index (χ1v) is 8.88. The Hall–Kier alpha value is -2.77. The Kier molecular flexibility index (Phi) is 6.65. The van der Waals surface area contributed by atoms with Crippen LogP contribution in [-0.4, -0.2) is 73.1 Å². The molecular formula is C19H27N3O5. The van der Waals surface area contributed by atoms with Gasteiger partial charge >= 0.3 is 6.09 Å². The van der Waals surface area contributed by atoms with Gasteiger partial charge in [0.2, 0.25) is 5.91 Å². The Labute approximate surface area is 159 Å². The van der Waals surface area contributed by atoms with Gasteiger partial charge in [0, 0.05) is 26.2 Å². The average Bonchev–Trinajstić information content (AvgIpc) is 2.64. The molecule has 1 aliphatic rings. The number of rotatable bonds is 4. The van der Waals surface area contributed by atoms with E-state index in [9.17, 15) is 14.4 Å². The Bertz CT molecular complexity index is 691. The second-order valence-electron chi connectivity index (χ2n) is 7.23. The number of alkyl carbamates (subject to hydrolysis) is 1. The molecule has 27 heavy (non-hydrogen) atoms. The van der Waals surface area contributed by atoms with Gasteiger partial charge in [0.15, 0.2) is 0 Å². The zero-order chi connectivity index (χ0) is 20.0. The molecule has 3 amide bonds. The summed E-state index contributed by atoms with van der Waals surface area (Å²) in [7, 11) is 1.53. The normalized spacial score (nSPS) is 14.5. The molecule has 0 bridgehead atoms. The van der Waals surface area contributed by atoms with E-state index in [0.29, 0.717) is 37.5 Å². The molecule has 1 aromatic rings. The number of methoxy groups -OCH3 is 1. The first-order valence-electron chi connectivity index (χ1n) is 8.88. The Morgan fingerprint density at radius 3 is 2.22 bits per heavy atom. The number of benzene rings is 1. The van der Waals surface area contributed by atoms with Gasteiger partial charge in [-0.25, -0.2) is 4.79 Å². The number of carbonyl (C=O) groups excluding carboxylic acids is 3. The van der Waals surface area contributed by atoms with E-state index in [0.717, 1.165) is 0 Å². The zero-order valence-electron chi connectivity index (χ0n) is 16.3. The average molecular weight is 377 g/mol. The van der Waals surface area contributed by atoms with Crippen LogP contribution in [0.25, 0.3) is 0 Å². The lowest BCUT2D eigenvalue weighted by Gasteiger charge is -2.35. The van der Waals surface area contributed by atoms with Crippen LogP contribution in [-0.2, 0) is 9.53 Å². The van der Waals surface area contributed by atoms with Gasteiger partial charge in [-0.2, -0.15) is 0 Å². The minimum Gasteiger partial charge on any atom is -0.496 e. The zero-order valence-corrected chi connectivity index (χ0v) is 16.3. The third-order valence-corrected chi connectivity index (χ3v) is 4.04. The number of hydrogen-bond donors (Lipinski definition) is 1. The van der Waals surface area contributed by atoms with Crippen LogP contribution in [0, 0.1) is 0 Å². The van der Waals surface area contributed by atoms with Crippen molar-refractivity contribution in [1.82, 2.24) is 15.1 Å². The van der Waals surface area contributed by atoms with E-state index in [2.05, 4.69) is 5.32 Å². The summed E-state index contributed by atoms with van der Waals surface area (Å²) in [6.45, 7) is 6.82. The van der Waals surface area contributed by atoms with Crippen molar-refractivity contribution in [2.24, 2.45) is 0 Å². The van der Waals surface area contributed by atoms with Gasteiger partial charge in [-0.15, -0.1) is 0 Å². The molecule has 0 atom stereocenters. The molecule has 8 heteroatoms. The Morgan fingerprint density at radius 1 is 1.04 bits per heavy atom. The van der Waals surface area contributed by atoms with Crippen LogP contribution >= 0.6 is 0 Å². The summed E-state index contributed by atoms with van der Waals surface area (Å²) >= 11 is 0. The van der Waals surface area contributed by atoms with Gasteiger partial charge < -0.3 is 24.6 Å². The predicted molar refractivity (Wildman–Crippen MR) is 99.7 cm³/mol. The highest BCUT2D eigenvalue weighted by molar-refractivity contribution is 5.97. The van der Waals surface area contributed by atoms with Gasteiger partial charge in [-0.05, 0) is 32.9 Å². The standard InChI is InChI=1S/C19H27N3O5/c1-19(2,3)27-18(25)20-13-16(23)21-9-11-22(12-10-21)17(24)14-7-5-6-8-15(14)26-4/h5-8H,9-13H2,1-4H3,(H,20,25). The summed E-state index contributed by atoms with van der Waals surface area (Å²) in [5.41, 5.74) is -0.108. The fraction of sp³-hybridized carbons (Fsp3) is 0.526. The molecule has 0 saturated carbocycles. The van der Waals surface area contributed by atoms with Crippen molar-refractivity contribution >= 4 is 17.9 Å². The van der Waals surface area contributed by atoms with Crippen molar-refractivity contribution in [2.45, 2.75) is 26.4 Å². The van der Waals surface area contributed by atoms with E-state index in [-0.39, 0.29) is 18.4 Å². The van der Waals surface area contributed by atoms with Gasteiger partial charge in [-0.3, -0.25) is 9.59 Å². The molecular weight excluding hydrogens is 350 g/mol. The van der Waals surface area contributed by atoms with Crippen LogP contribution in [0.2, 0.25) is 0 Å². The summed E-state index contributed by atoms with van der Waals surface area (Å²) in [4.78, 5) is 39.9. The van der Waals surface area contributed by atoms with Crippen LogP contribution in [0.15, 0.2) is 24.3 Å².